The van der Waals surface area contributed by atoms with Crippen LogP contribution < -0.4 is 0 Å². The molecule has 0 saturated carbocycles. The van der Waals surface area contributed by atoms with Crippen LogP contribution in [0.3, 0.4) is 0 Å². The molecule has 162 valence electrons. The quantitative estimate of drug-likeness (QED) is 0.436. The van der Waals surface area contributed by atoms with Gasteiger partial charge in [-0.15, -0.1) is 11.8 Å². The van der Waals surface area contributed by atoms with Crippen molar-refractivity contribution in [3.05, 3.63) is 28.8 Å². The number of hydrogen-bond donors (Lipinski definition) is 1. The fraction of sp³-hybridized carbons (Fsp3) is 0.727. The topological polar surface area (TPSA) is 55.8 Å². The largest absolute Gasteiger partial charge is 0.507 e. The number of aromatic hydroxyl groups is 1. The van der Waals surface area contributed by atoms with Gasteiger partial charge in [0.15, 0.2) is 0 Å². The second kappa shape index (κ2) is 9.55. The van der Waals surface area contributed by atoms with Gasteiger partial charge in [-0.2, -0.15) is 0 Å². The minimum atomic E-state index is -3.38. The molecule has 28 heavy (non-hydrogen) atoms. The molecular weight excluding hydrogens is 391 g/mol. The second-order valence-corrected chi connectivity index (χ2v) is 13.5. The lowest BCUT2D eigenvalue weighted by Gasteiger charge is -2.32. The first-order valence-electron chi connectivity index (χ1n) is 10.1. The summed E-state index contributed by atoms with van der Waals surface area (Å²) in [5, 5.41) is 11.3. The van der Waals surface area contributed by atoms with Gasteiger partial charge in [0.05, 0.1) is 13.2 Å². The van der Waals surface area contributed by atoms with E-state index in [1.54, 1.807) is 11.8 Å². The summed E-state index contributed by atoms with van der Waals surface area (Å²) in [6.07, 6.45) is 0. The molecule has 1 atom stereocenters. The predicted molar refractivity (Wildman–Crippen MR) is 122 cm³/mol. The van der Waals surface area contributed by atoms with Crippen molar-refractivity contribution in [3.63, 3.8) is 0 Å². The zero-order chi connectivity index (χ0) is 21.9. The molecule has 0 radical (unpaired) electrons. The lowest BCUT2D eigenvalue weighted by atomic mass is 9.78. The molecule has 4 nitrogen and oxygen atoms in total. The molecule has 0 amide bonds. The minimum Gasteiger partial charge on any atom is -0.507 e. The predicted octanol–water partition coefficient (Wildman–Crippen LogP) is 7.39. The second-order valence-electron chi connectivity index (χ2n) is 9.38. The Bertz CT molecular complexity index is 656. The average Bonchev–Trinajstić information content (AvgIpc) is 2.51. The highest BCUT2D eigenvalue weighted by Crippen LogP contribution is 2.67. The van der Waals surface area contributed by atoms with Crippen molar-refractivity contribution in [1.82, 2.24) is 0 Å². The number of hydrogen-bond acceptors (Lipinski definition) is 5. The van der Waals surface area contributed by atoms with Gasteiger partial charge in [0.25, 0.3) is 0 Å². The molecule has 1 aromatic carbocycles. The number of phenols is 1. The molecule has 0 aliphatic rings. The molecule has 1 rings (SSSR count). The summed E-state index contributed by atoms with van der Waals surface area (Å²) in [5.41, 5.74) is 2.08. The van der Waals surface area contributed by atoms with Gasteiger partial charge < -0.3 is 14.2 Å². The highest BCUT2D eigenvalue weighted by atomic mass is 32.2. The lowest BCUT2D eigenvalue weighted by Crippen LogP contribution is -2.19. The zero-order valence-electron chi connectivity index (χ0n) is 19.3. The Hall–Kier alpha value is -0.480. The van der Waals surface area contributed by atoms with Crippen molar-refractivity contribution in [2.75, 3.05) is 13.2 Å². The van der Waals surface area contributed by atoms with Crippen molar-refractivity contribution in [3.8, 4) is 5.75 Å². The molecule has 6 heteroatoms. The summed E-state index contributed by atoms with van der Waals surface area (Å²) < 4.78 is 25.2. The zero-order valence-corrected chi connectivity index (χ0v) is 21.0. The third-order valence-electron chi connectivity index (χ3n) is 4.34. The van der Waals surface area contributed by atoms with Gasteiger partial charge in [-0.3, -0.25) is 4.57 Å². The minimum absolute atomic E-state index is 0.240. The maximum absolute atomic E-state index is 13.7. The van der Waals surface area contributed by atoms with Crippen LogP contribution in [0.1, 0.15) is 90.9 Å². The van der Waals surface area contributed by atoms with E-state index in [2.05, 4.69) is 55.4 Å². The molecule has 0 aliphatic carbocycles. The highest BCUT2D eigenvalue weighted by molar-refractivity contribution is 8.05. The van der Waals surface area contributed by atoms with Gasteiger partial charge >= 0.3 is 7.60 Å². The summed E-state index contributed by atoms with van der Waals surface area (Å²) in [6.45, 7) is 20.9. The van der Waals surface area contributed by atoms with Gasteiger partial charge in [-0.25, -0.2) is 0 Å². The van der Waals surface area contributed by atoms with E-state index >= 15 is 0 Å². The van der Waals surface area contributed by atoms with Crippen LogP contribution in [0.4, 0.5) is 0 Å². The van der Waals surface area contributed by atoms with E-state index in [1.165, 1.54) is 0 Å². The van der Waals surface area contributed by atoms with E-state index in [0.717, 1.165) is 16.7 Å². The molecule has 0 aromatic heterocycles. The Kier molecular flexibility index (Phi) is 8.72. The van der Waals surface area contributed by atoms with E-state index in [4.69, 9.17) is 9.05 Å². The fourth-order valence-corrected chi connectivity index (χ4v) is 7.15. The Morgan fingerprint density at radius 1 is 0.964 bits per heavy atom. The first-order valence-corrected chi connectivity index (χ1v) is 12.6. The molecule has 1 aromatic rings. The van der Waals surface area contributed by atoms with Gasteiger partial charge in [0.2, 0.25) is 0 Å². The number of rotatable bonds is 8. The van der Waals surface area contributed by atoms with E-state index in [0.29, 0.717) is 19.0 Å². The van der Waals surface area contributed by atoms with Crippen LogP contribution in [-0.4, -0.2) is 23.6 Å². The highest BCUT2D eigenvalue weighted by Gasteiger charge is 2.40. The molecule has 0 aliphatic heterocycles. The van der Waals surface area contributed by atoms with Crippen molar-refractivity contribution in [2.45, 2.75) is 90.3 Å². The molecule has 0 heterocycles. The molecule has 1 N–H and O–H groups in total. The van der Waals surface area contributed by atoms with Crippen LogP contribution in [0.25, 0.3) is 0 Å². The van der Waals surface area contributed by atoms with E-state index in [1.807, 2.05) is 26.0 Å². The summed E-state index contributed by atoms with van der Waals surface area (Å²) in [6, 6.07) is 3.96. The molecule has 0 fully saturated rings. The molecule has 0 saturated heterocycles. The first-order chi connectivity index (χ1) is 12.7. The van der Waals surface area contributed by atoms with Gasteiger partial charge in [0.1, 0.15) is 10.7 Å². The van der Waals surface area contributed by atoms with Crippen molar-refractivity contribution < 1.29 is 18.7 Å². The van der Waals surface area contributed by atoms with Crippen LogP contribution in [0.5, 0.6) is 5.75 Å². The van der Waals surface area contributed by atoms with E-state index < -0.39 is 12.6 Å². The summed E-state index contributed by atoms with van der Waals surface area (Å²) >= 11 is 1.59. The maximum atomic E-state index is 13.7. The van der Waals surface area contributed by atoms with Crippen LogP contribution in [0, 0.1) is 0 Å². The lowest BCUT2D eigenvalue weighted by molar-refractivity contribution is 0.218. The Labute approximate surface area is 176 Å². The molecule has 0 spiro atoms. The normalized spacial score (nSPS) is 14.5. The van der Waals surface area contributed by atoms with Gasteiger partial charge in [-0.1, -0.05) is 55.4 Å². The van der Waals surface area contributed by atoms with Crippen LogP contribution >= 0.6 is 19.4 Å². The van der Waals surface area contributed by atoms with Crippen molar-refractivity contribution in [1.29, 1.82) is 0 Å². The number of benzene rings is 1. The van der Waals surface area contributed by atoms with E-state index in [-0.39, 0.29) is 16.1 Å². The maximum Gasteiger partial charge on any atom is 0.347 e. The Balaban J connectivity index is 3.80. The fourth-order valence-electron chi connectivity index (χ4n) is 3.07. The number of phenolic OH excluding ortho intramolecular Hbond substituents is 1. The molecule has 1 unspecified atom stereocenters. The SMILES string of the molecule is CCOP(=O)(OCC)C(SC(C)C)c1cc(C(C)(C)C)c(O)c(C(C)(C)C)c1. The number of thioether (sulfide) groups is 1. The third kappa shape index (κ3) is 6.26. The smallest absolute Gasteiger partial charge is 0.347 e. The van der Waals surface area contributed by atoms with Crippen LogP contribution in [0.15, 0.2) is 12.1 Å². The van der Waals surface area contributed by atoms with Crippen LogP contribution in [-0.2, 0) is 24.4 Å². The third-order valence-corrected chi connectivity index (χ3v) is 8.66. The Morgan fingerprint density at radius 3 is 1.64 bits per heavy atom. The standard InChI is InChI=1S/C22H39O4PS/c1-11-25-27(24,26-12-2)20(28-15(3)4)16-13-17(21(5,6)7)19(23)18(14-16)22(8,9)10/h13-15,20,23H,11-12H2,1-10H3. The van der Waals surface area contributed by atoms with Crippen LogP contribution in [0.2, 0.25) is 0 Å². The molecular formula is C22H39O4PS. The summed E-state index contributed by atoms with van der Waals surface area (Å²) in [5.74, 6) is 0.319. The summed E-state index contributed by atoms with van der Waals surface area (Å²) in [4.78, 5) is -0.449. The monoisotopic (exact) mass is 430 g/mol. The van der Waals surface area contributed by atoms with Gasteiger partial charge in [0, 0.05) is 5.25 Å². The van der Waals surface area contributed by atoms with Crippen molar-refractivity contribution in [2.24, 2.45) is 0 Å². The Morgan fingerprint density at radius 2 is 1.36 bits per heavy atom. The average molecular weight is 431 g/mol. The van der Waals surface area contributed by atoms with E-state index in [9.17, 15) is 9.67 Å². The molecule has 0 bridgehead atoms. The summed E-state index contributed by atoms with van der Waals surface area (Å²) in [7, 11) is -3.38. The van der Waals surface area contributed by atoms with Gasteiger partial charge in [-0.05, 0) is 53.5 Å². The van der Waals surface area contributed by atoms with Crippen molar-refractivity contribution >= 4 is 19.4 Å². The first kappa shape index (κ1) is 25.6.